The highest BCUT2D eigenvalue weighted by atomic mass is 15.1. The zero-order chi connectivity index (χ0) is 11.2. The summed E-state index contributed by atoms with van der Waals surface area (Å²) in [6, 6.07) is 0.605. The predicted octanol–water partition coefficient (Wildman–Crippen LogP) is 3.16. The first-order chi connectivity index (χ1) is 6.40. The summed E-state index contributed by atoms with van der Waals surface area (Å²) in [7, 11) is 0. The second-order valence-electron chi connectivity index (χ2n) is 5.24. The van der Waals surface area contributed by atoms with Crippen LogP contribution in [-0.2, 0) is 0 Å². The number of hydrogen-bond donors (Lipinski definition) is 0. The molecule has 0 aromatic rings. The second-order valence-corrected chi connectivity index (χ2v) is 5.24. The molecule has 0 aromatic heterocycles. The molecule has 14 heavy (non-hydrogen) atoms. The topological polar surface area (TPSA) is 3.24 Å². The maximum atomic E-state index is 5.37. The number of terminal acetylenes is 1. The highest BCUT2D eigenvalue weighted by Crippen LogP contribution is 2.19. The summed E-state index contributed by atoms with van der Waals surface area (Å²) in [4.78, 5) is 2.39. The Labute approximate surface area is 89.9 Å². The van der Waals surface area contributed by atoms with E-state index in [0.717, 1.165) is 13.1 Å². The molecule has 0 aliphatic rings. The summed E-state index contributed by atoms with van der Waals surface area (Å²) in [5, 5.41) is 0. The van der Waals surface area contributed by atoms with Crippen LogP contribution in [0.2, 0.25) is 0 Å². The van der Waals surface area contributed by atoms with E-state index in [4.69, 9.17) is 6.42 Å². The van der Waals surface area contributed by atoms with Crippen molar-refractivity contribution in [3.8, 4) is 12.3 Å². The van der Waals surface area contributed by atoms with Gasteiger partial charge in [0.05, 0.1) is 6.54 Å². The van der Waals surface area contributed by atoms with E-state index in [-0.39, 0.29) is 0 Å². The van der Waals surface area contributed by atoms with Crippen molar-refractivity contribution >= 4 is 0 Å². The molecule has 0 radical (unpaired) electrons. The Bertz CT molecular complexity index is 182. The Balaban J connectivity index is 4.05. The van der Waals surface area contributed by atoms with Crippen LogP contribution in [0.25, 0.3) is 0 Å². The second kappa shape index (κ2) is 6.09. The van der Waals surface area contributed by atoms with Crippen LogP contribution in [0.5, 0.6) is 0 Å². The van der Waals surface area contributed by atoms with Crippen LogP contribution in [0.1, 0.15) is 47.5 Å². The van der Waals surface area contributed by atoms with Gasteiger partial charge in [-0.05, 0) is 31.7 Å². The summed E-state index contributed by atoms with van der Waals surface area (Å²) in [5.41, 5.74) is 0.403. The molecule has 0 aromatic carbocycles. The highest BCUT2D eigenvalue weighted by Gasteiger charge is 2.15. The van der Waals surface area contributed by atoms with Gasteiger partial charge in [0, 0.05) is 6.04 Å². The molecule has 0 spiro atoms. The van der Waals surface area contributed by atoms with Crippen molar-refractivity contribution in [3.63, 3.8) is 0 Å². The van der Waals surface area contributed by atoms with Crippen LogP contribution in [0, 0.1) is 17.8 Å². The molecule has 1 nitrogen and oxygen atoms in total. The molecule has 1 atom stereocenters. The molecule has 0 fully saturated rings. The van der Waals surface area contributed by atoms with Gasteiger partial charge in [-0.3, -0.25) is 4.90 Å². The fraction of sp³-hybridized carbons (Fsp3) is 0.846. The van der Waals surface area contributed by atoms with Crippen LogP contribution >= 0.6 is 0 Å². The van der Waals surface area contributed by atoms with E-state index in [2.05, 4.69) is 45.4 Å². The number of rotatable bonds is 5. The zero-order valence-electron chi connectivity index (χ0n) is 10.4. The molecule has 0 amide bonds. The molecule has 0 rings (SSSR count). The van der Waals surface area contributed by atoms with Crippen molar-refractivity contribution < 1.29 is 0 Å². The Morgan fingerprint density at radius 1 is 1.36 bits per heavy atom. The van der Waals surface area contributed by atoms with E-state index in [0.29, 0.717) is 11.5 Å². The molecule has 0 saturated carbocycles. The SMILES string of the molecule is C#CCN(CCC(C)(C)C)C(C)CC. The van der Waals surface area contributed by atoms with E-state index >= 15 is 0 Å². The van der Waals surface area contributed by atoms with E-state index in [1.54, 1.807) is 0 Å². The molecule has 0 aliphatic carbocycles. The smallest absolute Gasteiger partial charge is 0.0601 e. The van der Waals surface area contributed by atoms with E-state index in [1.165, 1.54) is 12.8 Å². The third kappa shape index (κ3) is 6.05. The lowest BCUT2D eigenvalue weighted by Crippen LogP contribution is -2.35. The summed E-state index contributed by atoms with van der Waals surface area (Å²) < 4.78 is 0. The highest BCUT2D eigenvalue weighted by molar-refractivity contribution is 4.89. The average molecular weight is 195 g/mol. The Morgan fingerprint density at radius 2 is 1.93 bits per heavy atom. The van der Waals surface area contributed by atoms with Gasteiger partial charge >= 0.3 is 0 Å². The first kappa shape index (κ1) is 13.5. The van der Waals surface area contributed by atoms with Gasteiger partial charge in [-0.1, -0.05) is 33.6 Å². The molecular weight excluding hydrogens is 170 g/mol. The van der Waals surface area contributed by atoms with Gasteiger partial charge in [0.15, 0.2) is 0 Å². The normalized spacial score (nSPS) is 14.1. The van der Waals surface area contributed by atoms with Gasteiger partial charge in [-0.2, -0.15) is 0 Å². The van der Waals surface area contributed by atoms with Crippen molar-refractivity contribution in [2.24, 2.45) is 5.41 Å². The molecule has 1 unspecified atom stereocenters. The lowest BCUT2D eigenvalue weighted by molar-refractivity contribution is 0.195. The lowest BCUT2D eigenvalue weighted by atomic mass is 9.92. The zero-order valence-corrected chi connectivity index (χ0v) is 10.4. The predicted molar refractivity (Wildman–Crippen MR) is 64.2 cm³/mol. The molecule has 1 heteroatoms. The van der Waals surface area contributed by atoms with Crippen molar-refractivity contribution in [2.45, 2.75) is 53.5 Å². The Hall–Kier alpha value is -0.480. The monoisotopic (exact) mass is 195 g/mol. The maximum Gasteiger partial charge on any atom is 0.0601 e. The Morgan fingerprint density at radius 3 is 2.29 bits per heavy atom. The van der Waals surface area contributed by atoms with Gasteiger partial charge in [0.1, 0.15) is 0 Å². The van der Waals surface area contributed by atoms with Crippen molar-refractivity contribution in [1.82, 2.24) is 4.90 Å². The third-order valence-electron chi connectivity index (χ3n) is 2.66. The van der Waals surface area contributed by atoms with Crippen molar-refractivity contribution in [1.29, 1.82) is 0 Å². The minimum absolute atomic E-state index is 0.403. The average Bonchev–Trinajstić information content (AvgIpc) is 2.09. The van der Waals surface area contributed by atoms with Crippen LogP contribution in [0.3, 0.4) is 0 Å². The summed E-state index contributed by atoms with van der Waals surface area (Å²) in [5.74, 6) is 2.75. The van der Waals surface area contributed by atoms with Crippen molar-refractivity contribution in [2.75, 3.05) is 13.1 Å². The maximum absolute atomic E-state index is 5.37. The summed E-state index contributed by atoms with van der Waals surface area (Å²) >= 11 is 0. The summed E-state index contributed by atoms with van der Waals surface area (Å²) in [6.45, 7) is 13.2. The molecular formula is C13H25N. The Kier molecular flexibility index (Phi) is 5.88. The third-order valence-corrected chi connectivity index (χ3v) is 2.66. The number of hydrogen-bond acceptors (Lipinski definition) is 1. The van der Waals surface area contributed by atoms with Crippen molar-refractivity contribution in [3.05, 3.63) is 0 Å². The fourth-order valence-electron chi connectivity index (χ4n) is 1.31. The minimum Gasteiger partial charge on any atom is -0.290 e. The van der Waals surface area contributed by atoms with Crippen LogP contribution in [0.15, 0.2) is 0 Å². The summed E-state index contributed by atoms with van der Waals surface area (Å²) in [6.07, 6.45) is 7.75. The molecule has 82 valence electrons. The largest absolute Gasteiger partial charge is 0.290 e. The number of nitrogens with zero attached hydrogens (tertiary/aromatic N) is 1. The molecule has 0 saturated heterocycles. The van der Waals surface area contributed by atoms with E-state index in [1.807, 2.05) is 0 Å². The van der Waals surface area contributed by atoms with Crippen LogP contribution in [0.4, 0.5) is 0 Å². The van der Waals surface area contributed by atoms with Gasteiger partial charge in [-0.25, -0.2) is 0 Å². The standard InChI is InChI=1S/C13H25N/c1-7-10-14(12(3)8-2)11-9-13(4,5)6/h1,12H,8-11H2,2-6H3. The fourth-order valence-corrected chi connectivity index (χ4v) is 1.31. The van der Waals surface area contributed by atoms with Gasteiger partial charge < -0.3 is 0 Å². The molecule has 0 heterocycles. The van der Waals surface area contributed by atoms with Crippen LogP contribution in [-0.4, -0.2) is 24.0 Å². The minimum atomic E-state index is 0.403. The van der Waals surface area contributed by atoms with Gasteiger partial charge in [0.2, 0.25) is 0 Å². The van der Waals surface area contributed by atoms with E-state index < -0.39 is 0 Å². The molecule has 0 bridgehead atoms. The quantitative estimate of drug-likeness (QED) is 0.609. The molecule has 0 aliphatic heterocycles. The van der Waals surface area contributed by atoms with Gasteiger partial charge in [-0.15, -0.1) is 6.42 Å². The first-order valence-electron chi connectivity index (χ1n) is 5.58. The van der Waals surface area contributed by atoms with E-state index in [9.17, 15) is 0 Å². The first-order valence-corrected chi connectivity index (χ1v) is 5.58. The van der Waals surface area contributed by atoms with Crippen LogP contribution < -0.4 is 0 Å². The molecule has 0 N–H and O–H groups in total. The van der Waals surface area contributed by atoms with Gasteiger partial charge in [0.25, 0.3) is 0 Å². The lowest BCUT2D eigenvalue weighted by Gasteiger charge is -2.29.